The lowest BCUT2D eigenvalue weighted by Gasteiger charge is -2.32. The van der Waals surface area contributed by atoms with Crippen molar-refractivity contribution in [1.82, 2.24) is 4.98 Å². The lowest BCUT2D eigenvalue weighted by Crippen LogP contribution is -2.28. The van der Waals surface area contributed by atoms with Gasteiger partial charge in [-0.05, 0) is 72.2 Å². The van der Waals surface area contributed by atoms with E-state index in [0.29, 0.717) is 6.42 Å². The molecule has 0 aliphatic heterocycles. The van der Waals surface area contributed by atoms with E-state index in [0.717, 1.165) is 34.1 Å². The zero-order chi connectivity index (χ0) is 21.2. The Balaban J connectivity index is 1.97. The van der Waals surface area contributed by atoms with Crippen LogP contribution >= 0.6 is 0 Å². The molecule has 2 heteroatoms. The van der Waals surface area contributed by atoms with Crippen LogP contribution in [0.1, 0.15) is 52.9 Å². The van der Waals surface area contributed by atoms with Crippen molar-refractivity contribution >= 4 is 27.5 Å². The molecule has 0 amide bonds. The van der Waals surface area contributed by atoms with Crippen LogP contribution in [0.3, 0.4) is 0 Å². The Kier molecular flexibility index (Phi) is 4.12. The minimum absolute atomic E-state index is 0.0514. The summed E-state index contributed by atoms with van der Waals surface area (Å²) in [5.74, 6) is 0.220. The van der Waals surface area contributed by atoms with Crippen molar-refractivity contribution in [2.45, 2.75) is 47.5 Å². The van der Waals surface area contributed by atoms with E-state index in [9.17, 15) is 4.79 Å². The van der Waals surface area contributed by atoms with Crippen LogP contribution in [0.2, 0.25) is 0 Å². The predicted molar refractivity (Wildman–Crippen MR) is 125 cm³/mol. The standard InChI is InChI=1S/C28H27NO/c1-16-12-17(2)18(3)21(13-16)27-26-22(14-28(4,5)15-24(26)30)25-20-9-7-6-8-19(20)10-11-23(25)29-27/h6-13H,14-15H2,1-5H3. The Bertz CT molecular complexity index is 1360. The first-order valence-electron chi connectivity index (χ1n) is 10.7. The highest BCUT2D eigenvalue weighted by atomic mass is 16.1. The first-order chi connectivity index (χ1) is 14.2. The van der Waals surface area contributed by atoms with Crippen molar-refractivity contribution in [2.75, 3.05) is 0 Å². The molecule has 1 heterocycles. The molecule has 0 spiro atoms. The van der Waals surface area contributed by atoms with Crippen LogP contribution in [0.15, 0.2) is 48.5 Å². The van der Waals surface area contributed by atoms with E-state index in [1.807, 2.05) is 0 Å². The minimum Gasteiger partial charge on any atom is -0.294 e. The van der Waals surface area contributed by atoms with Crippen LogP contribution < -0.4 is 0 Å². The van der Waals surface area contributed by atoms with Crippen LogP contribution in [0.4, 0.5) is 0 Å². The van der Waals surface area contributed by atoms with Crippen LogP contribution in [0.5, 0.6) is 0 Å². The fourth-order valence-corrected chi connectivity index (χ4v) is 5.14. The summed E-state index contributed by atoms with van der Waals surface area (Å²) in [6.45, 7) is 10.8. The molecule has 3 aromatic carbocycles. The zero-order valence-electron chi connectivity index (χ0n) is 18.4. The van der Waals surface area contributed by atoms with Crippen molar-refractivity contribution in [3.8, 4) is 11.3 Å². The third kappa shape index (κ3) is 2.86. The number of nitrogens with zero attached hydrogens (tertiary/aromatic N) is 1. The normalized spacial score (nSPS) is 15.6. The number of aryl methyl sites for hydroxylation is 2. The van der Waals surface area contributed by atoms with Gasteiger partial charge in [0.15, 0.2) is 5.78 Å². The molecular formula is C28H27NO. The first-order valence-corrected chi connectivity index (χ1v) is 10.7. The minimum atomic E-state index is -0.0514. The van der Waals surface area contributed by atoms with Crippen molar-refractivity contribution in [2.24, 2.45) is 5.41 Å². The molecule has 2 nitrogen and oxygen atoms in total. The molecule has 0 radical (unpaired) electrons. The number of benzene rings is 3. The number of ketones is 1. The van der Waals surface area contributed by atoms with Gasteiger partial charge in [0, 0.05) is 22.9 Å². The summed E-state index contributed by atoms with van der Waals surface area (Å²) < 4.78 is 0. The largest absolute Gasteiger partial charge is 0.294 e. The maximum absolute atomic E-state index is 13.5. The highest BCUT2D eigenvalue weighted by molar-refractivity contribution is 6.15. The summed E-state index contributed by atoms with van der Waals surface area (Å²) in [4.78, 5) is 18.6. The van der Waals surface area contributed by atoms with Gasteiger partial charge in [-0.25, -0.2) is 4.98 Å². The smallest absolute Gasteiger partial charge is 0.165 e. The lowest BCUT2D eigenvalue weighted by atomic mass is 9.71. The molecule has 1 aromatic heterocycles. The van der Waals surface area contributed by atoms with E-state index in [4.69, 9.17) is 4.98 Å². The van der Waals surface area contributed by atoms with Crippen LogP contribution in [0, 0.1) is 26.2 Å². The number of carbonyl (C=O) groups is 1. The van der Waals surface area contributed by atoms with Gasteiger partial charge in [0.2, 0.25) is 0 Å². The molecule has 0 fully saturated rings. The Hall–Kier alpha value is -3.00. The molecule has 0 saturated carbocycles. The molecule has 150 valence electrons. The van der Waals surface area contributed by atoms with Gasteiger partial charge in [-0.15, -0.1) is 0 Å². The highest BCUT2D eigenvalue weighted by Crippen LogP contribution is 2.44. The Morgan fingerprint density at radius 3 is 2.50 bits per heavy atom. The number of aromatic nitrogens is 1. The van der Waals surface area contributed by atoms with Crippen molar-refractivity contribution in [3.05, 3.63) is 76.3 Å². The molecule has 0 N–H and O–H groups in total. The summed E-state index contributed by atoms with van der Waals surface area (Å²) in [6, 6.07) is 17.1. The van der Waals surface area contributed by atoms with Crippen molar-refractivity contribution in [1.29, 1.82) is 0 Å². The number of pyridine rings is 1. The molecule has 5 rings (SSSR count). The van der Waals surface area contributed by atoms with E-state index >= 15 is 0 Å². The molecular weight excluding hydrogens is 366 g/mol. The number of Topliss-reactive ketones (excluding diaryl/α,β-unsaturated/α-hetero) is 1. The van der Waals surface area contributed by atoms with Gasteiger partial charge in [0.25, 0.3) is 0 Å². The fourth-order valence-electron chi connectivity index (χ4n) is 5.14. The number of hydrogen-bond acceptors (Lipinski definition) is 2. The number of hydrogen-bond donors (Lipinski definition) is 0. The fraction of sp³-hybridized carbons (Fsp3) is 0.286. The number of carbonyl (C=O) groups excluding carboxylic acids is 1. The molecule has 0 bridgehead atoms. The Labute approximate surface area is 178 Å². The molecule has 0 saturated heterocycles. The van der Waals surface area contributed by atoms with E-state index in [2.05, 4.69) is 83.1 Å². The summed E-state index contributed by atoms with van der Waals surface area (Å²) >= 11 is 0. The monoisotopic (exact) mass is 393 g/mol. The van der Waals surface area contributed by atoms with E-state index in [1.54, 1.807) is 0 Å². The number of fused-ring (bicyclic) bond motifs is 5. The third-order valence-corrected chi connectivity index (χ3v) is 6.62. The topological polar surface area (TPSA) is 30.0 Å². The SMILES string of the molecule is Cc1cc(C)c(C)c(-c2nc3ccc4ccccc4c3c3c2C(=O)CC(C)(C)C3)c1. The molecule has 1 aliphatic carbocycles. The average Bonchev–Trinajstić information content (AvgIpc) is 2.68. The average molecular weight is 394 g/mol. The van der Waals surface area contributed by atoms with Crippen LogP contribution in [-0.4, -0.2) is 10.8 Å². The molecule has 1 aliphatic rings. The van der Waals surface area contributed by atoms with Crippen molar-refractivity contribution in [3.63, 3.8) is 0 Å². The quantitative estimate of drug-likeness (QED) is 0.322. The van der Waals surface area contributed by atoms with Gasteiger partial charge in [-0.2, -0.15) is 0 Å². The summed E-state index contributed by atoms with van der Waals surface area (Å²) in [7, 11) is 0. The summed E-state index contributed by atoms with van der Waals surface area (Å²) in [5, 5.41) is 3.53. The maximum atomic E-state index is 13.5. The van der Waals surface area contributed by atoms with Gasteiger partial charge in [-0.3, -0.25) is 4.79 Å². The van der Waals surface area contributed by atoms with Gasteiger partial charge < -0.3 is 0 Å². The maximum Gasteiger partial charge on any atom is 0.165 e. The summed E-state index contributed by atoms with van der Waals surface area (Å²) in [5.41, 5.74) is 8.53. The lowest BCUT2D eigenvalue weighted by molar-refractivity contribution is 0.0913. The van der Waals surface area contributed by atoms with Gasteiger partial charge in [-0.1, -0.05) is 55.8 Å². The van der Waals surface area contributed by atoms with Gasteiger partial charge in [0.05, 0.1) is 11.2 Å². The molecule has 0 unspecified atom stereocenters. The highest BCUT2D eigenvalue weighted by Gasteiger charge is 2.35. The third-order valence-electron chi connectivity index (χ3n) is 6.62. The Morgan fingerprint density at radius 2 is 1.70 bits per heavy atom. The Morgan fingerprint density at radius 1 is 0.933 bits per heavy atom. The second-order valence-electron chi connectivity index (χ2n) is 9.69. The number of rotatable bonds is 1. The predicted octanol–water partition coefficient (Wildman–Crippen LogP) is 7.14. The van der Waals surface area contributed by atoms with Crippen molar-refractivity contribution < 1.29 is 4.79 Å². The van der Waals surface area contributed by atoms with E-state index in [1.165, 1.54) is 33.0 Å². The molecule has 4 aromatic rings. The molecule has 0 atom stereocenters. The van der Waals surface area contributed by atoms with E-state index in [-0.39, 0.29) is 11.2 Å². The first kappa shape index (κ1) is 19.0. The zero-order valence-corrected chi connectivity index (χ0v) is 18.4. The van der Waals surface area contributed by atoms with Gasteiger partial charge >= 0.3 is 0 Å². The second-order valence-corrected chi connectivity index (χ2v) is 9.69. The summed E-state index contributed by atoms with van der Waals surface area (Å²) in [6.07, 6.45) is 1.45. The van der Waals surface area contributed by atoms with Gasteiger partial charge in [0.1, 0.15) is 0 Å². The van der Waals surface area contributed by atoms with Crippen LogP contribution in [0.25, 0.3) is 32.9 Å². The molecule has 30 heavy (non-hydrogen) atoms. The second kappa shape index (κ2) is 6.50. The van der Waals surface area contributed by atoms with E-state index < -0.39 is 0 Å². The van der Waals surface area contributed by atoms with Crippen LogP contribution in [-0.2, 0) is 6.42 Å².